The summed E-state index contributed by atoms with van der Waals surface area (Å²) in [5.41, 5.74) is 0.376. The summed E-state index contributed by atoms with van der Waals surface area (Å²) >= 11 is 3.37. The van der Waals surface area contributed by atoms with E-state index in [0.29, 0.717) is 28.9 Å². The van der Waals surface area contributed by atoms with Crippen molar-refractivity contribution < 1.29 is 17.9 Å². The molecule has 0 unspecified atom stereocenters. The Morgan fingerprint density at radius 3 is 2.88 bits per heavy atom. The van der Waals surface area contributed by atoms with E-state index >= 15 is 0 Å². The molecule has 0 fully saturated rings. The predicted octanol–water partition coefficient (Wildman–Crippen LogP) is 1.86. The number of ether oxygens (including phenoxy) is 1. The van der Waals surface area contributed by atoms with Gasteiger partial charge in [-0.25, -0.2) is 22.9 Å². The molecule has 0 radical (unpaired) electrons. The number of carbonyl (C=O) groups is 1. The van der Waals surface area contributed by atoms with Gasteiger partial charge in [0.1, 0.15) is 5.82 Å². The van der Waals surface area contributed by atoms with E-state index in [1.54, 1.807) is 12.3 Å². The third kappa shape index (κ3) is 3.94. The Morgan fingerprint density at radius 2 is 2.12 bits per heavy atom. The van der Waals surface area contributed by atoms with Gasteiger partial charge in [0.25, 0.3) is 0 Å². The van der Waals surface area contributed by atoms with Crippen molar-refractivity contribution in [3.05, 3.63) is 34.4 Å². The lowest BCUT2D eigenvalue weighted by molar-refractivity contribution is 0.0596. The first kappa shape index (κ1) is 18.5. The molecule has 3 N–H and O–H groups in total. The van der Waals surface area contributed by atoms with E-state index in [1.807, 2.05) is 0 Å². The molecular formula is C15H16BrN5O4S. The first-order valence-corrected chi connectivity index (χ1v) is 9.94. The summed E-state index contributed by atoms with van der Waals surface area (Å²) in [5, 5.41) is 6.06. The number of hydrogen-bond acceptors (Lipinski definition) is 8. The quantitative estimate of drug-likeness (QED) is 0.573. The van der Waals surface area contributed by atoms with Gasteiger partial charge in [-0.15, -0.1) is 0 Å². The first-order valence-electron chi connectivity index (χ1n) is 7.66. The molecule has 2 heterocycles. The summed E-state index contributed by atoms with van der Waals surface area (Å²) in [7, 11) is -2.70. The standard InChI is InChI=1S/C15H16BrN5O4S/c1-25-14(22)10-4-3-9-7-12(10)26(23,24)19-6-2-5-17-13-11(16)8-18-15(20-9)21-13/h3-4,7-8,19H,2,5-6H2,1H3,(H2,17,18,20,21). The Kier molecular flexibility index (Phi) is 5.39. The van der Waals surface area contributed by atoms with Crippen LogP contribution in [0.5, 0.6) is 0 Å². The molecule has 1 aliphatic heterocycles. The first-order chi connectivity index (χ1) is 12.4. The second-order valence-corrected chi connectivity index (χ2v) is 7.99. The number of carbonyl (C=O) groups excluding carboxylic acids is 1. The summed E-state index contributed by atoms with van der Waals surface area (Å²) in [6.07, 6.45) is 2.11. The number of aromatic nitrogens is 2. The molecule has 1 aromatic carbocycles. The minimum absolute atomic E-state index is 0.0454. The molecule has 2 aromatic rings. The van der Waals surface area contributed by atoms with Crippen LogP contribution in [-0.4, -0.2) is 44.6 Å². The second-order valence-electron chi connectivity index (χ2n) is 5.40. The van der Waals surface area contributed by atoms with E-state index < -0.39 is 16.0 Å². The Bertz CT molecular complexity index is 951. The van der Waals surface area contributed by atoms with Crippen molar-refractivity contribution in [3.8, 4) is 0 Å². The zero-order valence-electron chi connectivity index (χ0n) is 13.7. The van der Waals surface area contributed by atoms with Gasteiger partial charge in [0.05, 0.1) is 22.0 Å². The van der Waals surface area contributed by atoms with Crippen molar-refractivity contribution >= 4 is 49.4 Å². The number of nitrogens with one attached hydrogen (secondary N) is 3. The number of fused-ring (bicyclic) bond motifs is 4. The van der Waals surface area contributed by atoms with Gasteiger partial charge in [-0.05, 0) is 40.5 Å². The summed E-state index contributed by atoms with van der Waals surface area (Å²) in [5.74, 6) is 0.151. The third-order valence-corrected chi connectivity index (χ3v) is 5.70. The molecule has 11 heteroatoms. The van der Waals surface area contributed by atoms with E-state index in [4.69, 9.17) is 0 Å². The van der Waals surface area contributed by atoms with E-state index in [-0.39, 0.29) is 23.0 Å². The third-order valence-electron chi connectivity index (χ3n) is 3.61. The molecule has 0 amide bonds. The van der Waals surface area contributed by atoms with E-state index in [9.17, 15) is 13.2 Å². The van der Waals surface area contributed by atoms with Crippen LogP contribution in [0.15, 0.2) is 33.8 Å². The molecule has 26 heavy (non-hydrogen) atoms. The topological polar surface area (TPSA) is 122 Å². The van der Waals surface area contributed by atoms with Crippen molar-refractivity contribution in [1.82, 2.24) is 14.7 Å². The zero-order chi connectivity index (χ0) is 18.7. The molecule has 0 spiro atoms. The minimum Gasteiger partial charge on any atom is -0.465 e. The van der Waals surface area contributed by atoms with E-state index in [0.717, 1.165) is 0 Å². The Labute approximate surface area is 158 Å². The number of anilines is 3. The maximum Gasteiger partial charge on any atom is 0.339 e. The minimum atomic E-state index is -3.90. The highest BCUT2D eigenvalue weighted by Gasteiger charge is 2.24. The number of esters is 1. The summed E-state index contributed by atoms with van der Waals surface area (Å²) < 4.78 is 33.2. The smallest absolute Gasteiger partial charge is 0.339 e. The number of sulfonamides is 1. The van der Waals surface area contributed by atoms with Crippen molar-refractivity contribution in [2.75, 3.05) is 30.8 Å². The molecule has 3 rings (SSSR count). The van der Waals surface area contributed by atoms with Gasteiger partial charge in [-0.3, -0.25) is 0 Å². The number of benzene rings is 1. The van der Waals surface area contributed by atoms with Crippen LogP contribution in [0.2, 0.25) is 0 Å². The molecule has 0 saturated heterocycles. The molecular weight excluding hydrogens is 426 g/mol. The highest BCUT2D eigenvalue weighted by atomic mass is 79.9. The number of hydrogen-bond donors (Lipinski definition) is 3. The summed E-state index contributed by atoms with van der Waals surface area (Å²) in [4.78, 5) is 20.3. The van der Waals surface area contributed by atoms with Crippen LogP contribution in [0.4, 0.5) is 17.5 Å². The number of nitrogens with zero attached hydrogens (tertiary/aromatic N) is 2. The van der Waals surface area contributed by atoms with Crippen LogP contribution < -0.4 is 15.4 Å². The van der Waals surface area contributed by atoms with Gasteiger partial charge in [0, 0.05) is 25.0 Å². The SMILES string of the molecule is COC(=O)c1ccc2cc1S(=O)(=O)NCCCNc1nc(ncc1Br)N2. The summed E-state index contributed by atoms with van der Waals surface area (Å²) in [6.45, 7) is 0.697. The maximum absolute atomic E-state index is 12.6. The lowest BCUT2D eigenvalue weighted by atomic mass is 10.2. The maximum atomic E-state index is 12.6. The fourth-order valence-electron chi connectivity index (χ4n) is 2.36. The Morgan fingerprint density at radius 1 is 1.31 bits per heavy atom. The Balaban J connectivity index is 2.10. The molecule has 0 aliphatic carbocycles. The van der Waals surface area contributed by atoms with Crippen molar-refractivity contribution in [3.63, 3.8) is 0 Å². The van der Waals surface area contributed by atoms with Crippen LogP contribution in [0.1, 0.15) is 16.8 Å². The number of rotatable bonds is 1. The van der Waals surface area contributed by atoms with Crippen LogP contribution in [0.25, 0.3) is 0 Å². The van der Waals surface area contributed by atoms with Crippen LogP contribution >= 0.6 is 15.9 Å². The lowest BCUT2D eigenvalue weighted by Crippen LogP contribution is -2.27. The molecule has 9 nitrogen and oxygen atoms in total. The predicted molar refractivity (Wildman–Crippen MR) is 99.1 cm³/mol. The molecule has 0 saturated carbocycles. The highest BCUT2D eigenvalue weighted by molar-refractivity contribution is 9.10. The second kappa shape index (κ2) is 7.56. The van der Waals surface area contributed by atoms with Gasteiger partial charge in [-0.1, -0.05) is 0 Å². The van der Waals surface area contributed by atoms with Gasteiger partial charge >= 0.3 is 5.97 Å². The number of methoxy groups -OCH3 is 1. The van der Waals surface area contributed by atoms with Crippen molar-refractivity contribution in [2.24, 2.45) is 0 Å². The normalized spacial score (nSPS) is 16.1. The van der Waals surface area contributed by atoms with Gasteiger partial charge in [0.15, 0.2) is 0 Å². The average Bonchev–Trinajstić information content (AvgIpc) is 2.63. The van der Waals surface area contributed by atoms with Crippen molar-refractivity contribution in [1.29, 1.82) is 0 Å². The molecule has 1 aliphatic rings. The fourth-order valence-corrected chi connectivity index (χ4v) is 3.98. The van der Waals surface area contributed by atoms with Gasteiger partial charge < -0.3 is 15.4 Å². The number of halogens is 1. The molecule has 138 valence electrons. The monoisotopic (exact) mass is 441 g/mol. The van der Waals surface area contributed by atoms with Gasteiger partial charge in [0.2, 0.25) is 16.0 Å². The van der Waals surface area contributed by atoms with E-state index in [1.165, 1.54) is 19.2 Å². The van der Waals surface area contributed by atoms with Gasteiger partial charge in [-0.2, -0.15) is 4.98 Å². The Hall–Kier alpha value is -2.24. The van der Waals surface area contributed by atoms with Crippen LogP contribution in [0.3, 0.4) is 0 Å². The highest BCUT2D eigenvalue weighted by Crippen LogP contribution is 2.26. The summed E-state index contributed by atoms with van der Waals surface area (Å²) in [6, 6.07) is 4.30. The van der Waals surface area contributed by atoms with Crippen molar-refractivity contribution in [2.45, 2.75) is 11.3 Å². The fraction of sp³-hybridized carbons (Fsp3) is 0.267. The molecule has 1 aromatic heterocycles. The van der Waals surface area contributed by atoms with Crippen LogP contribution in [0, 0.1) is 0 Å². The van der Waals surface area contributed by atoms with Crippen LogP contribution in [-0.2, 0) is 14.8 Å². The molecule has 0 atom stereocenters. The average molecular weight is 442 g/mol. The molecule has 4 bridgehead atoms. The zero-order valence-corrected chi connectivity index (χ0v) is 16.1. The largest absolute Gasteiger partial charge is 0.465 e. The lowest BCUT2D eigenvalue weighted by Gasteiger charge is -2.12. The van der Waals surface area contributed by atoms with E-state index in [2.05, 4.69) is 46.0 Å².